The second kappa shape index (κ2) is 5.10. The summed E-state index contributed by atoms with van der Waals surface area (Å²) in [5.74, 6) is 0. The van der Waals surface area contributed by atoms with Crippen molar-refractivity contribution < 1.29 is 10.2 Å². The molecule has 0 aromatic heterocycles. The summed E-state index contributed by atoms with van der Waals surface area (Å²) in [6.07, 6.45) is 4.84. The number of hydrogen-bond acceptors (Lipinski definition) is 3. The Hall–Kier alpha value is -0.120. The second-order valence-electron chi connectivity index (χ2n) is 5.19. The van der Waals surface area contributed by atoms with Crippen LogP contribution in [0.2, 0.25) is 0 Å². The lowest BCUT2D eigenvalue weighted by atomic mass is 9.75. The molecule has 84 valence electrons. The van der Waals surface area contributed by atoms with Gasteiger partial charge in [0.25, 0.3) is 0 Å². The average Bonchev–Trinajstić information content (AvgIpc) is 2.12. The highest BCUT2D eigenvalue weighted by molar-refractivity contribution is 4.85. The van der Waals surface area contributed by atoms with Crippen molar-refractivity contribution in [1.82, 2.24) is 5.32 Å². The molecule has 1 aliphatic carbocycles. The molecular formula is C11H23NO2. The van der Waals surface area contributed by atoms with Crippen molar-refractivity contribution in [2.75, 3.05) is 13.2 Å². The van der Waals surface area contributed by atoms with Crippen molar-refractivity contribution in [2.24, 2.45) is 5.41 Å². The molecule has 1 atom stereocenters. The molecule has 1 saturated carbocycles. The average molecular weight is 201 g/mol. The molecule has 0 amide bonds. The maximum Gasteiger partial charge on any atom is 0.0607 e. The van der Waals surface area contributed by atoms with E-state index in [1.54, 1.807) is 0 Å². The molecule has 0 heterocycles. The predicted octanol–water partition coefficient (Wildman–Crippen LogP) is 0.898. The first-order chi connectivity index (χ1) is 6.57. The zero-order valence-electron chi connectivity index (χ0n) is 9.29. The van der Waals surface area contributed by atoms with Gasteiger partial charge in [0.05, 0.1) is 19.3 Å². The van der Waals surface area contributed by atoms with Crippen LogP contribution in [0.15, 0.2) is 0 Å². The maximum absolute atomic E-state index is 8.96. The van der Waals surface area contributed by atoms with Gasteiger partial charge in [0.2, 0.25) is 0 Å². The second-order valence-corrected chi connectivity index (χ2v) is 5.19. The molecule has 1 rings (SSSR count). The molecule has 0 aliphatic heterocycles. The van der Waals surface area contributed by atoms with Crippen LogP contribution in [0.25, 0.3) is 0 Å². The van der Waals surface area contributed by atoms with E-state index in [0.717, 1.165) is 6.42 Å². The van der Waals surface area contributed by atoms with E-state index in [1.165, 1.54) is 19.3 Å². The Morgan fingerprint density at radius 3 is 2.50 bits per heavy atom. The van der Waals surface area contributed by atoms with Crippen LogP contribution in [0.4, 0.5) is 0 Å². The summed E-state index contributed by atoms with van der Waals surface area (Å²) in [5, 5.41) is 21.2. The topological polar surface area (TPSA) is 52.5 Å². The van der Waals surface area contributed by atoms with Gasteiger partial charge in [-0.25, -0.2) is 0 Å². The fourth-order valence-corrected chi connectivity index (χ4v) is 2.34. The molecule has 0 saturated heterocycles. The monoisotopic (exact) mass is 201 g/mol. The van der Waals surface area contributed by atoms with Gasteiger partial charge in [-0.3, -0.25) is 0 Å². The van der Waals surface area contributed by atoms with Gasteiger partial charge in [-0.15, -0.1) is 0 Å². The molecular weight excluding hydrogens is 178 g/mol. The highest BCUT2D eigenvalue weighted by Gasteiger charge is 2.28. The highest BCUT2D eigenvalue weighted by Crippen LogP contribution is 2.35. The van der Waals surface area contributed by atoms with Crippen molar-refractivity contribution >= 4 is 0 Å². The van der Waals surface area contributed by atoms with Gasteiger partial charge in [-0.05, 0) is 24.7 Å². The van der Waals surface area contributed by atoms with Crippen molar-refractivity contribution in [2.45, 2.75) is 51.6 Å². The third kappa shape index (κ3) is 3.56. The smallest absolute Gasteiger partial charge is 0.0607 e. The van der Waals surface area contributed by atoms with Crippen LogP contribution >= 0.6 is 0 Å². The van der Waals surface area contributed by atoms with E-state index in [-0.39, 0.29) is 19.3 Å². The number of aliphatic hydroxyl groups is 2. The first-order valence-corrected chi connectivity index (χ1v) is 5.55. The van der Waals surface area contributed by atoms with Crippen LogP contribution in [0, 0.1) is 5.41 Å². The van der Waals surface area contributed by atoms with Crippen molar-refractivity contribution in [3.05, 3.63) is 0 Å². The Balaban J connectivity index is 2.37. The van der Waals surface area contributed by atoms with Crippen LogP contribution in [0.3, 0.4) is 0 Å². The van der Waals surface area contributed by atoms with E-state index in [4.69, 9.17) is 10.2 Å². The summed E-state index contributed by atoms with van der Waals surface area (Å²) in [6.45, 7) is 4.61. The maximum atomic E-state index is 8.96. The van der Waals surface area contributed by atoms with Crippen molar-refractivity contribution in [3.63, 3.8) is 0 Å². The van der Waals surface area contributed by atoms with Gasteiger partial charge >= 0.3 is 0 Å². The van der Waals surface area contributed by atoms with Crippen molar-refractivity contribution in [1.29, 1.82) is 0 Å². The SMILES string of the molecule is CC1(C)CCCC(NC(CO)CO)C1. The van der Waals surface area contributed by atoms with Gasteiger partial charge in [0.1, 0.15) is 0 Å². The first kappa shape index (κ1) is 12.0. The molecule has 14 heavy (non-hydrogen) atoms. The number of rotatable bonds is 4. The number of nitrogens with one attached hydrogen (secondary N) is 1. The Morgan fingerprint density at radius 2 is 2.00 bits per heavy atom. The summed E-state index contributed by atoms with van der Waals surface area (Å²) >= 11 is 0. The van der Waals surface area contributed by atoms with E-state index < -0.39 is 0 Å². The molecule has 3 N–H and O–H groups in total. The van der Waals surface area contributed by atoms with Gasteiger partial charge in [0.15, 0.2) is 0 Å². The molecule has 0 radical (unpaired) electrons. The summed E-state index contributed by atoms with van der Waals surface area (Å²) in [6, 6.07) is 0.317. The Kier molecular flexibility index (Phi) is 4.35. The van der Waals surface area contributed by atoms with Gasteiger partial charge in [-0.1, -0.05) is 20.3 Å². The molecule has 3 heteroatoms. The van der Waals surface area contributed by atoms with Crippen molar-refractivity contribution in [3.8, 4) is 0 Å². The fourth-order valence-electron chi connectivity index (χ4n) is 2.34. The Bertz CT molecular complexity index is 167. The van der Waals surface area contributed by atoms with Gasteiger partial charge < -0.3 is 15.5 Å². The lowest BCUT2D eigenvalue weighted by Gasteiger charge is -2.37. The summed E-state index contributed by atoms with van der Waals surface area (Å²) < 4.78 is 0. The number of hydrogen-bond donors (Lipinski definition) is 3. The fraction of sp³-hybridized carbons (Fsp3) is 1.00. The first-order valence-electron chi connectivity index (χ1n) is 5.55. The molecule has 0 bridgehead atoms. The molecule has 0 spiro atoms. The molecule has 0 aromatic carbocycles. The minimum atomic E-state index is -0.145. The largest absolute Gasteiger partial charge is 0.395 e. The lowest BCUT2D eigenvalue weighted by molar-refractivity contribution is 0.131. The van der Waals surface area contributed by atoms with E-state index >= 15 is 0 Å². The third-order valence-corrected chi connectivity index (χ3v) is 3.12. The van der Waals surface area contributed by atoms with Crippen LogP contribution < -0.4 is 5.32 Å². The quantitative estimate of drug-likeness (QED) is 0.633. The van der Waals surface area contributed by atoms with E-state index in [1.807, 2.05) is 0 Å². The highest BCUT2D eigenvalue weighted by atomic mass is 16.3. The standard InChI is InChI=1S/C11H23NO2/c1-11(2)5-3-4-9(6-11)12-10(7-13)8-14/h9-10,12-14H,3-8H2,1-2H3. The molecule has 0 aromatic rings. The summed E-state index contributed by atoms with van der Waals surface area (Å²) in [5.41, 5.74) is 0.408. The lowest BCUT2D eigenvalue weighted by Crippen LogP contribution is -2.46. The van der Waals surface area contributed by atoms with E-state index in [0.29, 0.717) is 11.5 Å². The Morgan fingerprint density at radius 1 is 1.36 bits per heavy atom. The molecule has 1 aliphatic rings. The van der Waals surface area contributed by atoms with Gasteiger partial charge in [-0.2, -0.15) is 0 Å². The third-order valence-electron chi connectivity index (χ3n) is 3.12. The zero-order valence-corrected chi connectivity index (χ0v) is 9.29. The summed E-state index contributed by atoms with van der Waals surface area (Å²) in [4.78, 5) is 0. The Labute approximate surface area is 86.5 Å². The zero-order chi connectivity index (χ0) is 10.6. The minimum Gasteiger partial charge on any atom is -0.395 e. The molecule has 3 nitrogen and oxygen atoms in total. The normalized spacial score (nSPS) is 26.8. The minimum absolute atomic E-state index is 0.0213. The molecule has 1 unspecified atom stereocenters. The van der Waals surface area contributed by atoms with Crippen LogP contribution in [0.1, 0.15) is 39.5 Å². The van der Waals surface area contributed by atoms with E-state index in [2.05, 4.69) is 19.2 Å². The van der Waals surface area contributed by atoms with Crippen LogP contribution in [0.5, 0.6) is 0 Å². The summed E-state index contributed by atoms with van der Waals surface area (Å²) in [7, 11) is 0. The predicted molar refractivity (Wildman–Crippen MR) is 57.1 cm³/mol. The van der Waals surface area contributed by atoms with Crippen LogP contribution in [-0.2, 0) is 0 Å². The number of aliphatic hydroxyl groups excluding tert-OH is 2. The van der Waals surface area contributed by atoms with Gasteiger partial charge in [0, 0.05) is 6.04 Å². The van der Waals surface area contributed by atoms with Crippen LogP contribution in [-0.4, -0.2) is 35.5 Å². The van der Waals surface area contributed by atoms with E-state index in [9.17, 15) is 0 Å². The molecule has 1 fully saturated rings.